The highest BCUT2D eigenvalue weighted by Crippen LogP contribution is 2.26. The SMILES string of the molecule is CC(=O)Nc1ccc(S(=O)(=O)N2CCC(CC(=O)NCCN3CCCCC3)CC2)cc1. The molecule has 2 heterocycles. The molecule has 0 unspecified atom stereocenters. The highest BCUT2D eigenvalue weighted by Gasteiger charge is 2.30. The first kappa shape index (κ1) is 23.7. The van der Waals surface area contributed by atoms with Gasteiger partial charge < -0.3 is 15.5 Å². The number of sulfonamides is 1. The Kier molecular flexibility index (Phi) is 8.45. The summed E-state index contributed by atoms with van der Waals surface area (Å²) in [5, 5.41) is 5.65. The summed E-state index contributed by atoms with van der Waals surface area (Å²) in [5.74, 6) is 0.0728. The van der Waals surface area contributed by atoms with Crippen LogP contribution < -0.4 is 10.6 Å². The van der Waals surface area contributed by atoms with E-state index < -0.39 is 10.0 Å². The Labute approximate surface area is 185 Å². The van der Waals surface area contributed by atoms with Crippen LogP contribution in [0.3, 0.4) is 0 Å². The summed E-state index contributed by atoms with van der Waals surface area (Å²) in [6.45, 7) is 6.08. The van der Waals surface area contributed by atoms with Crippen molar-refractivity contribution in [2.75, 3.05) is 44.6 Å². The Morgan fingerprint density at radius 3 is 2.26 bits per heavy atom. The van der Waals surface area contributed by atoms with E-state index in [1.807, 2.05) is 0 Å². The topological polar surface area (TPSA) is 98.8 Å². The van der Waals surface area contributed by atoms with Crippen molar-refractivity contribution >= 4 is 27.5 Å². The number of nitrogens with zero attached hydrogens (tertiary/aromatic N) is 2. The first-order chi connectivity index (χ1) is 14.8. The quantitative estimate of drug-likeness (QED) is 0.632. The van der Waals surface area contributed by atoms with Gasteiger partial charge in [-0.2, -0.15) is 4.31 Å². The van der Waals surface area contributed by atoms with Crippen LogP contribution in [0, 0.1) is 5.92 Å². The molecule has 0 bridgehead atoms. The van der Waals surface area contributed by atoms with Gasteiger partial charge in [-0.1, -0.05) is 6.42 Å². The molecule has 1 aromatic rings. The second kappa shape index (κ2) is 11.1. The van der Waals surface area contributed by atoms with Gasteiger partial charge in [0.25, 0.3) is 0 Å². The maximum absolute atomic E-state index is 12.9. The Balaban J connectivity index is 1.41. The number of anilines is 1. The molecule has 2 amide bonds. The highest BCUT2D eigenvalue weighted by molar-refractivity contribution is 7.89. The fraction of sp³-hybridized carbons (Fsp3) is 0.636. The number of amides is 2. The minimum atomic E-state index is -3.57. The Morgan fingerprint density at radius 2 is 1.65 bits per heavy atom. The van der Waals surface area contributed by atoms with Gasteiger partial charge in [0, 0.05) is 45.2 Å². The number of hydrogen-bond donors (Lipinski definition) is 2. The fourth-order valence-electron chi connectivity index (χ4n) is 4.29. The number of carbonyl (C=O) groups excluding carboxylic acids is 2. The van der Waals surface area contributed by atoms with Crippen LogP contribution in [0.2, 0.25) is 0 Å². The van der Waals surface area contributed by atoms with E-state index >= 15 is 0 Å². The standard InChI is InChI=1S/C22H34N4O4S/c1-18(27)24-20-5-7-21(8-6-20)31(29,30)26-14-9-19(10-15-26)17-22(28)23-11-16-25-12-3-2-4-13-25/h5-8,19H,2-4,9-17H2,1H3,(H,23,28)(H,24,27). The van der Waals surface area contributed by atoms with Gasteiger partial charge in [-0.3, -0.25) is 9.59 Å². The maximum atomic E-state index is 12.9. The zero-order valence-corrected chi connectivity index (χ0v) is 19.1. The van der Waals surface area contributed by atoms with Gasteiger partial charge in [-0.05, 0) is 69.0 Å². The van der Waals surface area contributed by atoms with Crippen LogP contribution in [0.4, 0.5) is 5.69 Å². The van der Waals surface area contributed by atoms with Crippen LogP contribution in [0.5, 0.6) is 0 Å². The van der Waals surface area contributed by atoms with Crippen molar-refractivity contribution in [3.63, 3.8) is 0 Å². The van der Waals surface area contributed by atoms with Gasteiger partial charge in [0.15, 0.2) is 0 Å². The van der Waals surface area contributed by atoms with E-state index in [9.17, 15) is 18.0 Å². The molecule has 31 heavy (non-hydrogen) atoms. The van der Waals surface area contributed by atoms with Crippen molar-refractivity contribution in [2.24, 2.45) is 5.92 Å². The number of carbonyl (C=O) groups is 2. The summed E-state index contributed by atoms with van der Waals surface area (Å²) in [5.41, 5.74) is 0.566. The molecule has 0 aliphatic carbocycles. The van der Waals surface area contributed by atoms with Gasteiger partial charge >= 0.3 is 0 Å². The van der Waals surface area contributed by atoms with E-state index in [4.69, 9.17) is 0 Å². The molecule has 0 spiro atoms. The van der Waals surface area contributed by atoms with Gasteiger partial charge in [0.2, 0.25) is 21.8 Å². The second-order valence-corrected chi connectivity index (χ2v) is 10.4. The van der Waals surface area contributed by atoms with Crippen molar-refractivity contribution in [3.8, 4) is 0 Å². The number of hydrogen-bond acceptors (Lipinski definition) is 5. The minimum Gasteiger partial charge on any atom is -0.355 e. The largest absolute Gasteiger partial charge is 0.355 e. The third-order valence-corrected chi connectivity index (χ3v) is 7.97. The van der Waals surface area contributed by atoms with E-state index in [1.54, 1.807) is 12.1 Å². The van der Waals surface area contributed by atoms with E-state index in [-0.39, 0.29) is 22.6 Å². The fourth-order valence-corrected chi connectivity index (χ4v) is 5.76. The van der Waals surface area contributed by atoms with E-state index in [0.717, 1.165) is 19.6 Å². The van der Waals surface area contributed by atoms with E-state index in [1.165, 1.54) is 42.6 Å². The third kappa shape index (κ3) is 7.02. The zero-order chi connectivity index (χ0) is 22.3. The Morgan fingerprint density at radius 1 is 1.00 bits per heavy atom. The number of nitrogens with one attached hydrogen (secondary N) is 2. The predicted molar refractivity (Wildman–Crippen MR) is 120 cm³/mol. The molecule has 172 valence electrons. The van der Waals surface area contributed by atoms with Crippen LogP contribution in [0.15, 0.2) is 29.2 Å². The van der Waals surface area contributed by atoms with Crippen molar-refractivity contribution in [1.82, 2.24) is 14.5 Å². The van der Waals surface area contributed by atoms with Crippen molar-refractivity contribution in [1.29, 1.82) is 0 Å². The summed E-state index contributed by atoms with van der Waals surface area (Å²) in [4.78, 5) is 26.0. The lowest BCUT2D eigenvalue weighted by atomic mass is 9.94. The van der Waals surface area contributed by atoms with Crippen molar-refractivity contribution in [2.45, 2.75) is 50.3 Å². The monoisotopic (exact) mass is 450 g/mol. The van der Waals surface area contributed by atoms with Crippen molar-refractivity contribution < 1.29 is 18.0 Å². The second-order valence-electron chi connectivity index (χ2n) is 8.51. The average Bonchev–Trinajstić information content (AvgIpc) is 2.75. The van der Waals surface area contributed by atoms with Gasteiger partial charge in [0.05, 0.1) is 4.90 Å². The van der Waals surface area contributed by atoms with Gasteiger partial charge in [-0.15, -0.1) is 0 Å². The summed E-state index contributed by atoms with van der Waals surface area (Å²) in [6.07, 6.45) is 5.62. The lowest BCUT2D eigenvalue weighted by Gasteiger charge is -2.31. The molecule has 2 N–H and O–H groups in total. The lowest BCUT2D eigenvalue weighted by molar-refractivity contribution is -0.122. The van der Waals surface area contributed by atoms with Gasteiger partial charge in [-0.25, -0.2) is 8.42 Å². The Bertz CT molecular complexity index is 843. The molecular formula is C22H34N4O4S. The molecule has 0 atom stereocenters. The number of likely N-dealkylation sites (tertiary alicyclic amines) is 1. The average molecular weight is 451 g/mol. The van der Waals surface area contributed by atoms with Gasteiger partial charge in [0.1, 0.15) is 0 Å². The Hall–Kier alpha value is -1.97. The highest BCUT2D eigenvalue weighted by atomic mass is 32.2. The van der Waals surface area contributed by atoms with Crippen LogP contribution in [-0.2, 0) is 19.6 Å². The molecule has 2 fully saturated rings. The van der Waals surface area contributed by atoms with E-state index in [0.29, 0.717) is 44.6 Å². The summed E-state index contributed by atoms with van der Waals surface area (Å²) in [7, 11) is -3.57. The summed E-state index contributed by atoms with van der Waals surface area (Å²) in [6, 6.07) is 6.22. The first-order valence-electron chi connectivity index (χ1n) is 11.2. The first-order valence-corrected chi connectivity index (χ1v) is 12.7. The smallest absolute Gasteiger partial charge is 0.243 e. The van der Waals surface area contributed by atoms with Crippen LogP contribution in [0.25, 0.3) is 0 Å². The molecule has 2 saturated heterocycles. The molecule has 0 saturated carbocycles. The van der Waals surface area contributed by atoms with E-state index in [2.05, 4.69) is 15.5 Å². The maximum Gasteiger partial charge on any atom is 0.243 e. The molecule has 0 aromatic heterocycles. The molecule has 3 rings (SSSR count). The molecule has 9 heteroatoms. The summed E-state index contributed by atoms with van der Waals surface area (Å²) < 4.78 is 27.3. The van der Waals surface area contributed by atoms with Crippen molar-refractivity contribution in [3.05, 3.63) is 24.3 Å². The molecule has 0 radical (unpaired) electrons. The third-order valence-electron chi connectivity index (χ3n) is 6.06. The number of benzene rings is 1. The molecule has 2 aliphatic heterocycles. The normalized spacial score (nSPS) is 19.1. The van der Waals surface area contributed by atoms with Crippen LogP contribution in [-0.4, -0.2) is 68.7 Å². The lowest BCUT2D eigenvalue weighted by Crippen LogP contribution is -2.40. The van der Waals surface area contributed by atoms with Crippen LogP contribution >= 0.6 is 0 Å². The number of rotatable bonds is 8. The minimum absolute atomic E-state index is 0.0619. The van der Waals surface area contributed by atoms with Crippen LogP contribution in [0.1, 0.15) is 45.4 Å². The molecule has 8 nitrogen and oxygen atoms in total. The summed E-state index contributed by atoms with van der Waals surface area (Å²) >= 11 is 0. The molecular weight excluding hydrogens is 416 g/mol. The molecule has 1 aromatic carbocycles. The molecule has 2 aliphatic rings. The zero-order valence-electron chi connectivity index (χ0n) is 18.3. The predicted octanol–water partition coefficient (Wildman–Crippen LogP) is 2.04. The number of piperidine rings is 2.